The van der Waals surface area contributed by atoms with Crippen LogP contribution in [0.2, 0.25) is 0 Å². The van der Waals surface area contributed by atoms with Gasteiger partial charge in [-0.15, -0.1) is 10.2 Å². The SMILES string of the molecule is Cc1cccc(OCc2nnc(SCc3ccc(C(C)C)cc3)o2)c1. The highest BCUT2D eigenvalue weighted by Crippen LogP contribution is 2.23. The molecule has 0 radical (unpaired) electrons. The Morgan fingerprint density at radius 3 is 2.60 bits per heavy atom. The molecule has 0 saturated carbocycles. The number of thioether (sulfide) groups is 1. The molecule has 0 aliphatic carbocycles. The summed E-state index contributed by atoms with van der Waals surface area (Å²) in [4.78, 5) is 0. The van der Waals surface area contributed by atoms with Gasteiger partial charge in [0.05, 0.1) is 0 Å². The van der Waals surface area contributed by atoms with E-state index in [0.717, 1.165) is 17.1 Å². The topological polar surface area (TPSA) is 48.2 Å². The van der Waals surface area contributed by atoms with Crippen LogP contribution in [0.3, 0.4) is 0 Å². The molecule has 0 bridgehead atoms. The Kier molecular flexibility index (Phi) is 5.76. The summed E-state index contributed by atoms with van der Waals surface area (Å²) in [7, 11) is 0. The molecule has 0 amide bonds. The van der Waals surface area contributed by atoms with Crippen LogP contribution in [0, 0.1) is 6.92 Å². The molecule has 3 rings (SSSR count). The van der Waals surface area contributed by atoms with Crippen molar-refractivity contribution in [2.75, 3.05) is 0 Å². The number of rotatable bonds is 7. The molecule has 1 aromatic heterocycles. The average Bonchev–Trinajstić information content (AvgIpc) is 3.06. The van der Waals surface area contributed by atoms with E-state index in [0.29, 0.717) is 17.0 Å². The number of hydrogen-bond donors (Lipinski definition) is 0. The fraction of sp³-hybridized carbons (Fsp3) is 0.300. The van der Waals surface area contributed by atoms with Crippen molar-refractivity contribution < 1.29 is 9.15 Å². The molecule has 130 valence electrons. The van der Waals surface area contributed by atoms with E-state index in [2.05, 4.69) is 48.3 Å². The molecule has 5 heteroatoms. The Bertz CT molecular complexity index is 813. The molecule has 2 aromatic carbocycles. The van der Waals surface area contributed by atoms with Crippen molar-refractivity contribution in [2.45, 2.75) is 44.3 Å². The molecular weight excluding hydrogens is 332 g/mol. The van der Waals surface area contributed by atoms with E-state index in [1.54, 1.807) is 0 Å². The number of nitrogens with zero attached hydrogens (tertiary/aromatic N) is 2. The van der Waals surface area contributed by atoms with Gasteiger partial charge in [-0.05, 0) is 41.7 Å². The van der Waals surface area contributed by atoms with Gasteiger partial charge < -0.3 is 9.15 Å². The maximum Gasteiger partial charge on any atom is 0.277 e. The third kappa shape index (κ3) is 5.10. The van der Waals surface area contributed by atoms with E-state index in [4.69, 9.17) is 9.15 Å². The second-order valence-electron chi connectivity index (χ2n) is 6.25. The Morgan fingerprint density at radius 2 is 1.88 bits per heavy atom. The minimum absolute atomic E-state index is 0.278. The lowest BCUT2D eigenvalue weighted by atomic mass is 10.0. The summed E-state index contributed by atoms with van der Waals surface area (Å²) < 4.78 is 11.3. The van der Waals surface area contributed by atoms with Gasteiger partial charge in [0.1, 0.15) is 5.75 Å². The lowest BCUT2D eigenvalue weighted by Crippen LogP contribution is -1.95. The van der Waals surface area contributed by atoms with Crippen molar-refractivity contribution in [3.8, 4) is 5.75 Å². The van der Waals surface area contributed by atoms with Crippen LogP contribution >= 0.6 is 11.8 Å². The quantitative estimate of drug-likeness (QED) is 0.534. The fourth-order valence-electron chi connectivity index (χ4n) is 2.35. The van der Waals surface area contributed by atoms with E-state index in [9.17, 15) is 0 Å². The van der Waals surface area contributed by atoms with Gasteiger partial charge in [-0.1, -0.05) is 62.0 Å². The zero-order valence-corrected chi connectivity index (χ0v) is 15.5. The Hall–Kier alpha value is -2.27. The summed E-state index contributed by atoms with van der Waals surface area (Å²) in [6.07, 6.45) is 0. The number of hydrogen-bond acceptors (Lipinski definition) is 5. The average molecular weight is 354 g/mol. The number of aromatic nitrogens is 2. The Labute approximate surface area is 152 Å². The first-order valence-electron chi connectivity index (χ1n) is 8.33. The lowest BCUT2D eigenvalue weighted by Gasteiger charge is -2.05. The third-order valence-corrected chi connectivity index (χ3v) is 4.70. The largest absolute Gasteiger partial charge is 0.484 e. The third-order valence-electron chi connectivity index (χ3n) is 3.81. The zero-order chi connectivity index (χ0) is 17.6. The Balaban J connectivity index is 1.51. The molecule has 0 aliphatic heterocycles. The van der Waals surface area contributed by atoms with E-state index in [1.165, 1.54) is 22.9 Å². The summed E-state index contributed by atoms with van der Waals surface area (Å²) in [6.45, 7) is 6.70. The van der Waals surface area contributed by atoms with Gasteiger partial charge in [-0.25, -0.2) is 0 Å². The smallest absolute Gasteiger partial charge is 0.277 e. The maximum atomic E-state index is 5.68. The summed E-state index contributed by atoms with van der Waals surface area (Å²) in [6, 6.07) is 16.5. The van der Waals surface area contributed by atoms with Crippen molar-refractivity contribution >= 4 is 11.8 Å². The normalized spacial score (nSPS) is 11.0. The highest BCUT2D eigenvalue weighted by Gasteiger charge is 2.08. The second kappa shape index (κ2) is 8.21. The monoisotopic (exact) mass is 354 g/mol. The fourth-order valence-corrected chi connectivity index (χ4v) is 3.09. The molecule has 0 aliphatic rings. The van der Waals surface area contributed by atoms with E-state index < -0.39 is 0 Å². The summed E-state index contributed by atoms with van der Waals surface area (Å²) in [5, 5.41) is 8.68. The van der Waals surface area contributed by atoms with Crippen LogP contribution in [0.1, 0.15) is 42.3 Å². The van der Waals surface area contributed by atoms with Crippen LogP contribution in [0.5, 0.6) is 5.75 Å². The first kappa shape index (κ1) is 17.5. The van der Waals surface area contributed by atoms with Gasteiger partial charge >= 0.3 is 0 Å². The van der Waals surface area contributed by atoms with E-state index in [-0.39, 0.29) is 6.61 Å². The standard InChI is InChI=1S/C20H22N2O2S/c1-14(2)17-9-7-16(8-10-17)13-25-20-22-21-19(24-20)12-23-18-6-4-5-15(3)11-18/h4-11,14H,12-13H2,1-3H3. The van der Waals surface area contributed by atoms with Crippen molar-refractivity contribution in [1.82, 2.24) is 10.2 Å². The highest BCUT2D eigenvalue weighted by atomic mass is 32.2. The van der Waals surface area contributed by atoms with Crippen molar-refractivity contribution in [1.29, 1.82) is 0 Å². The molecular formula is C20H22N2O2S. The van der Waals surface area contributed by atoms with Gasteiger partial charge in [-0.3, -0.25) is 0 Å². The lowest BCUT2D eigenvalue weighted by molar-refractivity contribution is 0.252. The highest BCUT2D eigenvalue weighted by molar-refractivity contribution is 7.98. The molecule has 0 spiro atoms. The number of ether oxygens (including phenoxy) is 1. The molecule has 0 unspecified atom stereocenters. The first-order chi connectivity index (χ1) is 12.1. The molecule has 0 fully saturated rings. The van der Waals surface area contributed by atoms with E-state index in [1.807, 2.05) is 31.2 Å². The summed E-state index contributed by atoms with van der Waals surface area (Å²) in [5.41, 5.74) is 3.75. The minimum atomic E-state index is 0.278. The van der Waals surface area contributed by atoms with Crippen molar-refractivity contribution in [2.24, 2.45) is 0 Å². The summed E-state index contributed by atoms with van der Waals surface area (Å²) >= 11 is 1.54. The van der Waals surface area contributed by atoms with Crippen LogP contribution in [0.4, 0.5) is 0 Å². The number of aryl methyl sites for hydroxylation is 1. The van der Waals surface area contributed by atoms with Gasteiger partial charge in [0.25, 0.3) is 11.1 Å². The first-order valence-corrected chi connectivity index (χ1v) is 9.32. The number of benzene rings is 2. The van der Waals surface area contributed by atoms with Crippen LogP contribution in [-0.4, -0.2) is 10.2 Å². The van der Waals surface area contributed by atoms with Gasteiger partial charge in [-0.2, -0.15) is 0 Å². The van der Waals surface area contributed by atoms with Gasteiger partial charge in [0.15, 0.2) is 6.61 Å². The van der Waals surface area contributed by atoms with Crippen LogP contribution in [0.25, 0.3) is 0 Å². The minimum Gasteiger partial charge on any atom is -0.484 e. The molecule has 0 saturated heterocycles. The molecule has 3 aromatic rings. The summed E-state index contributed by atoms with van der Waals surface area (Å²) in [5.74, 6) is 2.64. The second-order valence-corrected chi connectivity index (χ2v) is 7.18. The molecule has 0 atom stereocenters. The van der Waals surface area contributed by atoms with E-state index >= 15 is 0 Å². The predicted molar refractivity (Wildman–Crippen MR) is 99.9 cm³/mol. The maximum absolute atomic E-state index is 5.68. The predicted octanol–water partition coefficient (Wildman–Crippen LogP) is 5.37. The molecule has 4 nitrogen and oxygen atoms in total. The van der Waals surface area contributed by atoms with Crippen LogP contribution in [0.15, 0.2) is 58.2 Å². The van der Waals surface area contributed by atoms with Gasteiger partial charge in [0.2, 0.25) is 0 Å². The van der Waals surface area contributed by atoms with Crippen LogP contribution < -0.4 is 4.74 Å². The zero-order valence-electron chi connectivity index (χ0n) is 14.7. The molecule has 25 heavy (non-hydrogen) atoms. The van der Waals surface area contributed by atoms with Crippen LogP contribution in [-0.2, 0) is 12.4 Å². The molecule has 1 heterocycles. The van der Waals surface area contributed by atoms with Crippen molar-refractivity contribution in [3.63, 3.8) is 0 Å². The molecule has 0 N–H and O–H groups in total. The van der Waals surface area contributed by atoms with Gasteiger partial charge in [0, 0.05) is 5.75 Å². The Morgan fingerprint density at radius 1 is 1.08 bits per heavy atom. The van der Waals surface area contributed by atoms with Crippen molar-refractivity contribution in [3.05, 3.63) is 71.1 Å².